The van der Waals surface area contributed by atoms with E-state index in [4.69, 9.17) is 11.5 Å². The van der Waals surface area contributed by atoms with Gasteiger partial charge in [-0.05, 0) is 30.5 Å². The van der Waals surface area contributed by atoms with Gasteiger partial charge < -0.3 is 42.7 Å². The maximum absolute atomic E-state index is 13.0. The molecule has 10 N–H and O–H groups in total. The maximum Gasteiger partial charge on any atom is 0.326 e. The summed E-state index contributed by atoms with van der Waals surface area (Å²) < 4.78 is 0. The minimum absolute atomic E-state index is 0.0364. The fraction of sp³-hybridized carbons (Fsp3) is 0.522. The van der Waals surface area contributed by atoms with E-state index in [1.165, 1.54) is 31.2 Å². The van der Waals surface area contributed by atoms with Crippen molar-refractivity contribution in [3.63, 3.8) is 0 Å². The Hall–Kier alpha value is -3.71. The highest BCUT2D eigenvalue weighted by molar-refractivity contribution is 5.95. The molecule has 4 amide bonds. The number of hydrogen-bond donors (Lipinski definition) is 8. The summed E-state index contributed by atoms with van der Waals surface area (Å²) >= 11 is 0. The second-order valence-electron chi connectivity index (χ2n) is 8.64. The van der Waals surface area contributed by atoms with Crippen molar-refractivity contribution in [2.45, 2.75) is 70.3 Å². The molecule has 6 atom stereocenters. The first-order valence-corrected chi connectivity index (χ1v) is 11.4. The molecule has 6 unspecified atom stereocenters. The molecule has 0 bridgehead atoms. The highest BCUT2D eigenvalue weighted by atomic mass is 16.4. The topological polar surface area (TPSA) is 234 Å². The van der Waals surface area contributed by atoms with Gasteiger partial charge in [-0.1, -0.05) is 32.4 Å². The zero-order chi connectivity index (χ0) is 27.6. The molecule has 0 aliphatic rings. The van der Waals surface area contributed by atoms with Crippen LogP contribution in [-0.2, 0) is 30.4 Å². The minimum Gasteiger partial charge on any atom is -0.508 e. The summed E-state index contributed by atoms with van der Waals surface area (Å²) in [7, 11) is 0. The summed E-state index contributed by atoms with van der Waals surface area (Å²) in [6.07, 6.45) is -1.59. The Morgan fingerprint density at radius 1 is 0.917 bits per heavy atom. The normalized spacial score (nSPS) is 15.9. The molecule has 13 nitrogen and oxygen atoms in total. The van der Waals surface area contributed by atoms with Gasteiger partial charge >= 0.3 is 5.97 Å². The number of primary amides is 1. The van der Waals surface area contributed by atoms with Crippen LogP contribution >= 0.6 is 0 Å². The summed E-state index contributed by atoms with van der Waals surface area (Å²) in [6, 6.07) is 0.253. The van der Waals surface area contributed by atoms with E-state index in [1.807, 2.05) is 6.92 Å². The first kappa shape index (κ1) is 30.3. The number of aliphatic hydroxyl groups is 1. The third-order valence-corrected chi connectivity index (χ3v) is 5.65. The van der Waals surface area contributed by atoms with E-state index in [0.717, 1.165) is 0 Å². The summed E-state index contributed by atoms with van der Waals surface area (Å²) in [5.74, 6) is -5.24. The van der Waals surface area contributed by atoms with Crippen molar-refractivity contribution in [2.24, 2.45) is 17.4 Å². The Morgan fingerprint density at radius 2 is 1.47 bits per heavy atom. The Balaban J connectivity index is 3.16. The van der Waals surface area contributed by atoms with Crippen molar-refractivity contribution >= 4 is 29.6 Å². The van der Waals surface area contributed by atoms with Crippen LogP contribution < -0.4 is 27.4 Å². The molecule has 0 saturated carbocycles. The lowest BCUT2D eigenvalue weighted by Gasteiger charge is -2.27. The smallest absolute Gasteiger partial charge is 0.326 e. The SMILES string of the molecule is CCC(C)C(N)C(=O)NC(C(=O)NC(Cc1ccc(O)cc1)C(=O)NC(CC(N)=O)C(=O)O)C(C)O. The Kier molecular flexibility index (Phi) is 11.8. The van der Waals surface area contributed by atoms with Crippen molar-refractivity contribution in [3.8, 4) is 5.75 Å². The molecule has 0 heterocycles. The number of carbonyl (C=O) groups excluding carboxylic acids is 4. The molecule has 1 aromatic carbocycles. The number of rotatable bonds is 14. The van der Waals surface area contributed by atoms with Crippen LogP contribution in [0.15, 0.2) is 24.3 Å². The third kappa shape index (κ3) is 9.50. The Bertz CT molecular complexity index is 937. The summed E-state index contributed by atoms with van der Waals surface area (Å²) in [5, 5.41) is 35.9. The quantitative estimate of drug-likeness (QED) is 0.140. The number of amides is 4. The van der Waals surface area contributed by atoms with Gasteiger partial charge in [-0.2, -0.15) is 0 Å². The summed E-state index contributed by atoms with van der Waals surface area (Å²) in [4.78, 5) is 61.1. The predicted octanol–water partition coefficient (Wildman–Crippen LogP) is -1.90. The van der Waals surface area contributed by atoms with Gasteiger partial charge in [-0.3, -0.25) is 19.2 Å². The number of phenols is 1. The molecule has 1 aromatic rings. The number of aliphatic carboxylic acids is 1. The first-order valence-electron chi connectivity index (χ1n) is 11.4. The number of carboxylic acid groups (broad SMARTS) is 1. The highest BCUT2D eigenvalue weighted by Gasteiger charge is 2.33. The van der Waals surface area contributed by atoms with Gasteiger partial charge in [0.05, 0.1) is 18.6 Å². The number of aliphatic hydroxyl groups excluding tert-OH is 1. The van der Waals surface area contributed by atoms with Gasteiger partial charge in [0.2, 0.25) is 23.6 Å². The average molecular weight is 510 g/mol. The van der Waals surface area contributed by atoms with E-state index in [2.05, 4.69) is 16.0 Å². The number of benzene rings is 1. The van der Waals surface area contributed by atoms with Crippen LogP contribution in [0.1, 0.15) is 39.2 Å². The fourth-order valence-corrected chi connectivity index (χ4v) is 3.18. The van der Waals surface area contributed by atoms with Gasteiger partial charge in [-0.15, -0.1) is 0 Å². The number of nitrogens with two attached hydrogens (primary N) is 2. The second-order valence-corrected chi connectivity index (χ2v) is 8.64. The average Bonchev–Trinajstić information content (AvgIpc) is 2.80. The number of carboxylic acids is 1. The van der Waals surface area contributed by atoms with E-state index in [-0.39, 0.29) is 18.1 Å². The van der Waals surface area contributed by atoms with E-state index in [1.54, 1.807) is 6.92 Å². The van der Waals surface area contributed by atoms with Crippen LogP contribution in [0.3, 0.4) is 0 Å². The van der Waals surface area contributed by atoms with E-state index >= 15 is 0 Å². The van der Waals surface area contributed by atoms with Crippen LogP contribution in [0, 0.1) is 5.92 Å². The van der Waals surface area contributed by atoms with Crippen molar-refractivity contribution in [1.29, 1.82) is 0 Å². The van der Waals surface area contributed by atoms with E-state index in [0.29, 0.717) is 12.0 Å². The zero-order valence-corrected chi connectivity index (χ0v) is 20.4. The van der Waals surface area contributed by atoms with Crippen molar-refractivity contribution < 1.29 is 39.3 Å². The van der Waals surface area contributed by atoms with Gasteiger partial charge in [0.1, 0.15) is 23.9 Å². The van der Waals surface area contributed by atoms with Crippen LogP contribution in [0.5, 0.6) is 5.75 Å². The molecule has 36 heavy (non-hydrogen) atoms. The van der Waals surface area contributed by atoms with Gasteiger partial charge in [0.25, 0.3) is 0 Å². The predicted molar refractivity (Wildman–Crippen MR) is 128 cm³/mol. The number of nitrogens with one attached hydrogen (secondary N) is 3. The van der Waals surface area contributed by atoms with Gasteiger partial charge in [0, 0.05) is 6.42 Å². The second kappa shape index (κ2) is 14.0. The van der Waals surface area contributed by atoms with Crippen LogP contribution in [-0.4, -0.2) is 75.2 Å². The van der Waals surface area contributed by atoms with Crippen molar-refractivity contribution in [3.05, 3.63) is 29.8 Å². The minimum atomic E-state index is -1.64. The number of aromatic hydroxyl groups is 1. The number of phenolic OH excluding ortho intramolecular Hbond substituents is 1. The largest absolute Gasteiger partial charge is 0.508 e. The zero-order valence-electron chi connectivity index (χ0n) is 20.4. The molecular formula is C23H35N5O8. The van der Waals surface area contributed by atoms with Gasteiger partial charge in [-0.25, -0.2) is 4.79 Å². The third-order valence-electron chi connectivity index (χ3n) is 5.65. The molecule has 0 aromatic heterocycles. The summed E-state index contributed by atoms with van der Waals surface area (Å²) in [5.41, 5.74) is 11.4. The first-order chi connectivity index (χ1) is 16.8. The Morgan fingerprint density at radius 3 is 1.94 bits per heavy atom. The molecule has 0 fully saturated rings. The molecule has 0 spiro atoms. The Labute approximate surface area is 208 Å². The van der Waals surface area contributed by atoms with Crippen LogP contribution in [0.25, 0.3) is 0 Å². The van der Waals surface area contributed by atoms with E-state index < -0.39 is 66.3 Å². The lowest BCUT2D eigenvalue weighted by atomic mass is 9.98. The van der Waals surface area contributed by atoms with Crippen molar-refractivity contribution in [2.75, 3.05) is 0 Å². The lowest BCUT2D eigenvalue weighted by molar-refractivity contribution is -0.143. The molecule has 0 saturated heterocycles. The molecule has 13 heteroatoms. The van der Waals surface area contributed by atoms with Crippen LogP contribution in [0.4, 0.5) is 0 Å². The highest BCUT2D eigenvalue weighted by Crippen LogP contribution is 2.12. The molecule has 0 aliphatic carbocycles. The molecule has 0 radical (unpaired) electrons. The monoisotopic (exact) mass is 509 g/mol. The summed E-state index contributed by atoms with van der Waals surface area (Å²) in [6.45, 7) is 4.86. The standard InChI is InChI=1S/C23H35N5O8/c1-4-11(2)18(25)21(33)28-19(12(3)29)22(34)26-15(9-13-5-7-14(30)8-6-13)20(32)27-16(23(35)36)10-17(24)31/h5-8,11-12,15-16,18-19,29-30H,4,9-10,25H2,1-3H3,(H2,24,31)(H,26,34)(H,27,32)(H,28,33)(H,35,36). The molecule has 1 rings (SSSR count). The van der Waals surface area contributed by atoms with Crippen LogP contribution in [0.2, 0.25) is 0 Å². The lowest BCUT2D eigenvalue weighted by Crippen LogP contribution is -2.60. The van der Waals surface area contributed by atoms with Gasteiger partial charge in [0.15, 0.2) is 0 Å². The number of carbonyl (C=O) groups is 5. The molecular weight excluding hydrogens is 474 g/mol. The maximum atomic E-state index is 13.0. The number of hydrogen-bond acceptors (Lipinski definition) is 8. The molecule has 200 valence electrons. The van der Waals surface area contributed by atoms with E-state index in [9.17, 15) is 39.3 Å². The molecule has 0 aliphatic heterocycles. The fourth-order valence-electron chi connectivity index (χ4n) is 3.18. The van der Waals surface area contributed by atoms with Crippen molar-refractivity contribution in [1.82, 2.24) is 16.0 Å².